The van der Waals surface area contributed by atoms with Crippen LogP contribution >= 0.6 is 0 Å². The van der Waals surface area contributed by atoms with Crippen LogP contribution in [0.5, 0.6) is 0 Å². The van der Waals surface area contributed by atoms with E-state index in [0.29, 0.717) is 24.1 Å². The van der Waals surface area contributed by atoms with Crippen LogP contribution in [0.2, 0.25) is 0 Å². The Morgan fingerprint density at radius 1 is 1.21 bits per heavy atom. The van der Waals surface area contributed by atoms with Gasteiger partial charge in [0.2, 0.25) is 11.7 Å². The second kappa shape index (κ2) is 4.20. The first-order chi connectivity index (χ1) is 9.40. The Kier molecular flexibility index (Phi) is 2.38. The van der Waals surface area contributed by atoms with Crippen molar-refractivity contribution < 1.29 is 13.7 Å². The van der Waals surface area contributed by atoms with Gasteiger partial charge in [-0.3, -0.25) is 0 Å². The second-order valence-electron chi connectivity index (χ2n) is 4.67. The summed E-state index contributed by atoms with van der Waals surface area (Å²) in [5.41, 5.74) is 0.827. The molecule has 1 unspecified atom stereocenters. The van der Waals surface area contributed by atoms with Gasteiger partial charge in [-0.1, -0.05) is 23.4 Å². The van der Waals surface area contributed by atoms with Crippen LogP contribution in [0.25, 0.3) is 22.6 Å². The molecule has 4 rings (SSSR count). The highest BCUT2D eigenvalue weighted by Crippen LogP contribution is 2.29. The molecule has 0 amide bonds. The molecule has 1 aliphatic heterocycles. The number of rotatable bonds is 2. The van der Waals surface area contributed by atoms with Crippen molar-refractivity contribution in [2.75, 3.05) is 13.2 Å². The maximum atomic E-state index is 5.71. The Morgan fingerprint density at radius 2 is 2.16 bits per heavy atom. The molecule has 3 aromatic rings. The lowest BCUT2D eigenvalue weighted by Gasteiger charge is -1.97. The van der Waals surface area contributed by atoms with Gasteiger partial charge in [0.25, 0.3) is 0 Å². The summed E-state index contributed by atoms with van der Waals surface area (Å²) >= 11 is 0. The Morgan fingerprint density at radius 3 is 3.00 bits per heavy atom. The first-order valence-corrected chi connectivity index (χ1v) is 6.30. The van der Waals surface area contributed by atoms with Crippen molar-refractivity contribution in [3.63, 3.8) is 0 Å². The van der Waals surface area contributed by atoms with Gasteiger partial charge in [0, 0.05) is 12.0 Å². The molecular weight excluding hydrogens is 244 g/mol. The van der Waals surface area contributed by atoms with Gasteiger partial charge in [-0.25, -0.2) is 0 Å². The standard InChI is InChI=1S/C14H12N2O3/c1-2-4-11-9(3-1)7-12(18-11)13-15-14(19-16-13)10-5-6-17-8-10/h1-4,7,10H,5-6,8H2. The first-order valence-electron chi connectivity index (χ1n) is 6.30. The fourth-order valence-corrected chi connectivity index (χ4v) is 2.32. The van der Waals surface area contributed by atoms with Gasteiger partial charge in [0.15, 0.2) is 5.76 Å². The number of hydrogen-bond donors (Lipinski definition) is 0. The van der Waals surface area contributed by atoms with Crippen LogP contribution in [0, 0.1) is 0 Å². The number of aromatic nitrogens is 2. The molecule has 0 spiro atoms. The third-order valence-electron chi connectivity index (χ3n) is 3.37. The van der Waals surface area contributed by atoms with E-state index in [1.165, 1.54) is 0 Å². The highest BCUT2D eigenvalue weighted by molar-refractivity contribution is 5.81. The maximum Gasteiger partial charge on any atom is 0.238 e. The number of furan rings is 1. The van der Waals surface area contributed by atoms with Crippen molar-refractivity contribution in [1.82, 2.24) is 10.1 Å². The first kappa shape index (κ1) is 10.8. The van der Waals surface area contributed by atoms with Gasteiger partial charge in [-0.05, 0) is 18.6 Å². The van der Waals surface area contributed by atoms with Crippen LogP contribution in [-0.2, 0) is 4.74 Å². The number of ether oxygens (including phenoxy) is 1. The Labute approximate surface area is 109 Å². The third kappa shape index (κ3) is 1.82. The number of para-hydroxylation sites is 1. The van der Waals surface area contributed by atoms with Crippen molar-refractivity contribution >= 4 is 11.0 Å². The molecule has 5 heteroatoms. The van der Waals surface area contributed by atoms with E-state index in [2.05, 4.69) is 10.1 Å². The summed E-state index contributed by atoms with van der Waals surface area (Å²) < 4.78 is 16.3. The third-order valence-corrected chi connectivity index (χ3v) is 3.37. The Balaban J connectivity index is 1.71. The van der Waals surface area contributed by atoms with Gasteiger partial charge in [-0.2, -0.15) is 4.98 Å². The van der Waals surface area contributed by atoms with Crippen LogP contribution in [0.4, 0.5) is 0 Å². The molecule has 19 heavy (non-hydrogen) atoms. The van der Waals surface area contributed by atoms with E-state index < -0.39 is 0 Å². The molecule has 1 fully saturated rings. The molecule has 1 aromatic carbocycles. The number of benzene rings is 1. The molecule has 1 atom stereocenters. The minimum absolute atomic E-state index is 0.214. The number of hydrogen-bond acceptors (Lipinski definition) is 5. The lowest BCUT2D eigenvalue weighted by molar-refractivity contribution is 0.189. The minimum atomic E-state index is 0.214. The predicted octanol–water partition coefficient (Wildman–Crippen LogP) is 2.99. The normalized spacial score (nSPS) is 19.3. The highest BCUT2D eigenvalue weighted by Gasteiger charge is 2.24. The van der Waals surface area contributed by atoms with E-state index in [-0.39, 0.29) is 5.92 Å². The zero-order valence-corrected chi connectivity index (χ0v) is 10.2. The van der Waals surface area contributed by atoms with Crippen LogP contribution in [0.1, 0.15) is 18.2 Å². The molecule has 5 nitrogen and oxygen atoms in total. The summed E-state index contributed by atoms with van der Waals surface area (Å²) in [7, 11) is 0. The van der Waals surface area contributed by atoms with Crippen LogP contribution < -0.4 is 0 Å². The van der Waals surface area contributed by atoms with E-state index in [0.717, 1.165) is 24.0 Å². The number of nitrogens with zero attached hydrogens (tertiary/aromatic N) is 2. The zero-order valence-electron chi connectivity index (χ0n) is 10.2. The van der Waals surface area contributed by atoms with E-state index in [1.54, 1.807) is 0 Å². The average molecular weight is 256 g/mol. The summed E-state index contributed by atoms with van der Waals surface area (Å²) in [5.74, 6) is 1.98. The summed E-state index contributed by atoms with van der Waals surface area (Å²) in [6.07, 6.45) is 0.932. The molecule has 0 N–H and O–H groups in total. The SMILES string of the molecule is c1ccc2oc(-c3noc(C4CCOC4)n3)cc2c1. The molecule has 96 valence electrons. The van der Waals surface area contributed by atoms with Crippen LogP contribution in [0.3, 0.4) is 0 Å². The quantitative estimate of drug-likeness (QED) is 0.705. The molecule has 0 saturated carbocycles. The Hall–Kier alpha value is -2.14. The van der Waals surface area contributed by atoms with Crippen molar-refractivity contribution in [2.45, 2.75) is 12.3 Å². The largest absolute Gasteiger partial charge is 0.453 e. The molecule has 2 aromatic heterocycles. The number of fused-ring (bicyclic) bond motifs is 1. The summed E-state index contributed by atoms with van der Waals surface area (Å²) in [4.78, 5) is 4.41. The lowest BCUT2D eigenvalue weighted by atomic mass is 10.1. The summed E-state index contributed by atoms with van der Waals surface area (Å²) in [5, 5.41) is 5.03. The molecule has 1 saturated heterocycles. The van der Waals surface area contributed by atoms with Gasteiger partial charge in [0.1, 0.15) is 5.58 Å². The molecule has 1 aliphatic rings. The van der Waals surface area contributed by atoms with Gasteiger partial charge in [-0.15, -0.1) is 0 Å². The zero-order chi connectivity index (χ0) is 12.7. The van der Waals surface area contributed by atoms with E-state index in [4.69, 9.17) is 13.7 Å². The fourth-order valence-electron chi connectivity index (χ4n) is 2.32. The van der Waals surface area contributed by atoms with E-state index in [9.17, 15) is 0 Å². The fraction of sp³-hybridized carbons (Fsp3) is 0.286. The molecule has 3 heterocycles. The molecule has 0 radical (unpaired) electrons. The average Bonchev–Trinajstić information content (AvgIpc) is 3.17. The van der Waals surface area contributed by atoms with Gasteiger partial charge in [0.05, 0.1) is 12.5 Å². The predicted molar refractivity (Wildman–Crippen MR) is 67.7 cm³/mol. The van der Waals surface area contributed by atoms with Crippen molar-refractivity contribution in [3.05, 3.63) is 36.2 Å². The van der Waals surface area contributed by atoms with E-state index in [1.807, 2.05) is 30.3 Å². The molecule has 0 aliphatic carbocycles. The molecule has 0 bridgehead atoms. The van der Waals surface area contributed by atoms with Crippen molar-refractivity contribution in [1.29, 1.82) is 0 Å². The minimum Gasteiger partial charge on any atom is -0.453 e. The smallest absolute Gasteiger partial charge is 0.238 e. The summed E-state index contributed by atoms with van der Waals surface area (Å²) in [6.45, 7) is 1.41. The van der Waals surface area contributed by atoms with Crippen LogP contribution in [0.15, 0.2) is 39.3 Å². The topological polar surface area (TPSA) is 61.3 Å². The maximum absolute atomic E-state index is 5.71. The van der Waals surface area contributed by atoms with Crippen molar-refractivity contribution in [2.24, 2.45) is 0 Å². The van der Waals surface area contributed by atoms with Crippen LogP contribution in [-0.4, -0.2) is 23.4 Å². The van der Waals surface area contributed by atoms with E-state index >= 15 is 0 Å². The highest BCUT2D eigenvalue weighted by atomic mass is 16.5. The summed E-state index contributed by atoms with van der Waals surface area (Å²) in [6, 6.07) is 9.75. The van der Waals surface area contributed by atoms with Crippen molar-refractivity contribution in [3.8, 4) is 11.6 Å². The second-order valence-corrected chi connectivity index (χ2v) is 4.67. The Bertz CT molecular complexity index is 677. The molecular formula is C14H12N2O3. The van der Waals surface area contributed by atoms with Gasteiger partial charge < -0.3 is 13.7 Å². The lowest BCUT2D eigenvalue weighted by Crippen LogP contribution is -1.97. The van der Waals surface area contributed by atoms with Gasteiger partial charge >= 0.3 is 0 Å². The monoisotopic (exact) mass is 256 g/mol.